The molecule has 5 rings (SSSR count). The van der Waals surface area contributed by atoms with Crippen molar-refractivity contribution in [3.05, 3.63) is 67.8 Å². The van der Waals surface area contributed by atoms with Gasteiger partial charge in [-0.3, -0.25) is 0 Å². The van der Waals surface area contributed by atoms with Gasteiger partial charge in [-0.1, -0.05) is 48.5 Å². The molecule has 1 N–H and O–H groups in total. The average Bonchev–Trinajstić information content (AvgIpc) is 3.84. The molecule has 0 aliphatic carbocycles. The molecule has 1 radical (unpaired) electrons. The molecule has 3 aromatic rings. The van der Waals surface area contributed by atoms with Crippen LogP contribution < -0.4 is 0 Å². The monoisotopic (exact) mass is 763 g/mol. The smallest absolute Gasteiger partial charge is 0.418 e. The number of hydrogen-bond donors (Lipinski definition) is 1. The molecule has 0 saturated heterocycles. The van der Waals surface area contributed by atoms with Crippen LogP contribution in [0.15, 0.2) is 6.07 Å². The summed E-state index contributed by atoms with van der Waals surface area (Å²) in [6, 6.07) is 2.39. The Balaban J connectivity index is 0.000000723. The summed E-state index contributed by atoms with van der Waals surface area (Å²) in [4.78, 5) is 14.4. The van der Waals surface area contributed by atoms with Gasteiger partial charge in [0.25, 0.3) is 0 Å². The fourth-order valence-electron chi connectivity index (χ4n) is 7.03. The number of rotatable bonds is 8. The second kappa shape index (κ2) is 18.4. The van der Waals surface area contributed by atoms with Crippen molar-refractivity contribution in [1.29, 1.82) is 0 Å². The van der Waals surface area contributed by atoms with Crippen molar-refractivity contribution in [2.75, 3.05) is 0 Å². The largest absolute Gasteiger partial charge is 2.00 e. The molecule has 0 spiro atoms. The van der Waals surface area contributed by atoms with Crippen molar-refractivity contribution in [2.45, 2.75) is 107 Å². The van der Waals surface area contributed by atoms with Crippen LogP contribution in [0.25, 0.3) is 46.4 Å². The first-order valence-corrected chi connectivity index (χ1v) is 17.4. The number of halogens is 8. The van der Waals surface area contributed by atoms with E-state index in [1.807, 2.05) is 0 Å². The fourth-order valence-corrected chi connectivity index (χ4v) is 7.03. The van der Waals surface area contributed by atoms with Crippen LogP contribution in [0.4, 0.5) is 34.5 Å². The summed E-state index contributed by atoms with van der Waals surface area (Å²) < 4.78 is 80.6. The molecule has 0 saturated carbocycles. The Morgan fingerprint density at radius 3 is 1.22 bits per heavy atom. The topological polar surface area (TPSA) is 46.5 Å². The van der Waals surface area contributed by atoms with Crippen molar-refractivity contribution in [3.63, 3.8) is 0 Å². The van der Waals surface area contributed by atoms with Crippen LogP contribution in [0.1, 0.15) is 117 Å². The molecule has 0 fully saturated rings. The van der Waals surface area contributed by atoms with Crippen LogP contribution in [0.5, 0.6) is 0 Å². The maximum Gasteiger partial charge on any atom is 2.00 e. The van der Waals surface area contributed by atoms with Crippen LogP contribution in [0.2, 0.25) is 0 Å². The fraction of sp³-hybridized carbons (Fsp3) is 0.444. The molecule has 2 aliphatic rings. The molecule has 15 heteroatoms. The molecule has 0 aromatic carbocycles. The zero-order valence-electron chi connectivity index (χ0n) is 30.4. The Bertz CT molecular complexity index is 1880. The van der Waals surface area contributed by atoms with E-state index in [9.17, 15) is 34.5 Å². The van der Waals surface area contributed by atoms with Gasteiger partial charge < -0.3 is 44.1 Å². The van der Waals surface area contributed by atoms with Crippen LogP contribution >= 0.6 is 0 Å². The van der Waals surface area contributed by atoms with Crippen molar-refractivity contribution in [1.82, 2.24) is 19.5 Å². The van der Waals surface area contributed by atoms with Gasteiger partial charge in [0.1, 0.15) is 0 Å². The molecular formula is C36H46B2F8MnN4. The van der Waals surface area contributed by atoms with E-state index in [1.54, 1.807) is 0 Å². The first kappa shape index (κ1) is 43.9. The van der Waals surface area contributed by atoms with E-state index < -0.39 is 14.5 Å². The van der Waals surface area contributed by atoms with Crippen molar-refractivity contribution in [2.24, 2.45) is 0 Å². The first-order valence-electron chi connectivity index (χ1n) is 17.4. The molecule has 8 bridgehead atoms. The maximum atomic E-state index is 9.75. The number of nitrogens with zero attached hydrogens (tertiary/aromatic N) is 3. The number of hydrogen-bond acceptors (Lipinski definition) is 2. The third-order valence-corrected chi connectivity index (χ3v) is 8.91. The molecule has 3 aromatic heterocycles. The summed E-state index contributed by atoms with van der Waals surface area (Å²) in [5.74, 6) is 0. The zero-order chi connectivity index (χ0) is 37.6. The Labute approximate surface area is 305 Å². The van der Waals surface area contributed by atoms with E-state index in [0.29, 0.717) is 0 Å². The molecule has 0 unspecified atom stereocenters. The Kier molecular flexibility index (Phi) is 15.9. The number of aryl methyl sites for hydroxylation is 7. The van der Waals surface area contributed by atoms with E-state index >= 15 is 0 Å². The summed E-state index contributed by atoms with van der Waals surface area (Å²) >= 11 is 0. The van der Waals surface area contributed by atoms with Crippen molar-refractivity contribution in [3.8, 4) is 0 Å². The van der Waals surface area contributed by atoms with Gasteiger partial charge in [-0.15, -0.1) is 0 Å². The minimum absolute atomic E-state index is 0. The third-order valence-electron chi connectivity index (χ3n) is 8.91. The molecule has 0 amide bonds. The van der Waals surface area contributed by atoms with Gasteiger partial charge >= 0.3 is 31.6 Å². The summed E-state index contributed by atoms with van der Waals surface area (Å²) in [5.41, 5.74) is 19.2. The standard InChI is InChI=1S/C36H46N4.2BF4.Mn/c1-9-22-21-33-26(13-5)31-18-17-29(37-31)25(12-4)30-19-20-32(38-30)27(14-6)35-23(10-2)24(11-3)36(40(35)16-8)28(15-7)34(22)39-33;2*2-1(3,4)5;/h17-21,39H,9-16H2,1-8H3;;;/q;2*-1;+2. The van der Waals surface area contributed by atoms with Gasteiger partial charge in [0.2, 0.25) is 0 Å². The Hall–Kier alpha value is -3.31. The summed E-state index contributed by atoms with van der Waals surface area (Å²) in [7, 11) is -12.0. The Morgan fingerprint density at radius 1 is 0.510 bits per heavy atom. The van der Waals surface area contributed by atoms with Crippen molar-refractivity contribution >= 4 is 60.9 Å². The number of H-pyrrole nitrogens is 1. The molecule has 279 valence electrons. The third kappa shape index (κ3) is 10.4. The normalized spacial score (nSPS) is 12.2. The second-order valence-electron chi connectivity index (χ2n) is 11.8. The van der Waals surface area contributed by atoms with Gasteiger partial charge in [-0.05, 0) is 104 Å². The molecular weight excluding hydrogens is 717 g/mol. The SMILES string of the molecule is CCc1c2nc(c(CC)c3cc(CC)c([nH]3)c(CC)c3c(CC)c(CC)c(c(CC)c4nc1C=C4)n3CC)C=C2.F[B-](F)(F)F.F[B-](F)(F)F.[Mn+2]. The predicted octanol–water partition coefficient (Wildman–Crippen LogP) is 11.7. The zero-order valence-corrected chi connectivity index (χ0v) is 31.6. The van der Waals surface area contributed by atoms with E-state index in [4.69, 9.17) is 9.97 Å². The van der Waals surface area contributed by atoms with Crippen LogP contribution in [0, 0.1) is 0 Å². The van der Waals surface area contributed by atoms with Gasteiger partial charge in [-0.2, -0.15) is 0 Å². The van der Waals surface area contributed by atoms with Crippen LogP contribution in [0.3, 0.4) is 0 Å². The van der Waals surface area contributed by atoms with Crippen LogP contribution in [-0.2, 0) is 68.6 Å². The maximum absolute atomic E-state index is 9.75. The summed E-state index contributed by atoms with van der Waals surface area (Å²) in [6.07, 6.45) is 15.6. The molecule has 4 nitrogen and oxygen atoms in total. The Morgan fingerprint density at radius 2 is 0.863 bits per heavy atom. The first-order chi connectivity index (χ1) is 23.5. The number of aromatic nitrogens is 4. The van der Waals surface area contributed by atoms with E-state index in [-0.39, 0.29) is 17.1 Å². The molecule has 0 atom stereocenters. The van der Waals surface area contributed by atoms with Gasteiger partial charge in [0.05, 0.1) is 28.3 Å². The minimum atomic E-state index is -6.00. The van der Waals surface area contributed by atoms with Crippen LogP contribution in [-0.4, -0.2) is 34.0 Å². The molecule has 2 aliphatic heterocycles. The average molecular weight is 763 g/mol. The van der Waals surface area contributed by atoms with Gasteiger partial charge in [0, 0.05) is 39.8 Å². The van der Waals surface area contributed by atoms with E-state index in [1.165, 1.54) is 61.0 Å². The summed E-state index contributed by atoms with van der Waals surface area (Å²) in [5, 5.41) is 0. The number of fused-ring (bicyclic) bond motifs is 8. The quantitative estimate of drug-likeness (QED) is 0.126. The second-order valence-corrected chi connectivity index (χ2v) is 11.8. The van der Waals surface area contributed by atoms with E-state index in [0.717, 1.165) is 74.3 Å². The van der Waals surface area contributed by atoms with E-state index in [2.05, 4.69) is 95.3 Å². The van der Waals surface area contributed by atoms with Gasteiger partial charge in [0.15, 0.2) is 0 Å². The summed E-state index contributed by atoms with van der Waals surface area (Å²) in [6.45, 7) is 19.2. The predicted molar refractivity (Wildman–Crippen MR) is 194 cm³/mol. The molecule has 51 heavy (non-hydrogen) atoms. The van der Waals surface area contributed by atoms with Crippen molar-refractivity contribution < 1.29 is 51.6 Å². The van der Waals surface area contributed by atoms with Gasteiger partial charge in [-0.25, -0.2) is 9.97 Å². The minimum Gasteiger partial charge on any atom is -0.418 e. The number of aromatic amines is 1. The number of nitrogens with one attached hydrogen (secondary N) is 1. The molecule has 5 heterocycles.